The molecule has 0 radical (unpaired) electrons. The van der Waals surface area contributed by atoms with Crippen molar-refractivity contribution in [3.8, 4) is 34.5 Å². The number of ketones is 2. The number of fused-ring (bicyclic) bond motifs is 3. The third-order valence-electron chi connectivity index (χ3n) is 13.3. The van der Waals surface area contributed by atoms with Crippen molar-refractivity contribution in [1.82, 2.24) is 0 Å². The number of rotatable bonds is 16. The molecule has 0 saturated heterocycles. The van der Waals surface area contributed by atoms with Crippen molar-refractivity contribution in [3.05, 3.63) is 143 Å². The summed E-state index contributed by atoms with van der Waals surface area (Å²) in [5.41, 5.74) is 0.522. The Hall–Kier alpha value is -7.96. The van der Waals surface area contributed by atoms with Crippen LogP contribution in [0, 0.1) is 23.7 Å². The molecule has 75 heavy (non-hydrogen) atoms. The molecule has 0 bridgehead atoms. The average Bonchev–Trinajstić information content (AvgIpc) is 3.99. The van der Waals surface area contributed by atoms with Crippen LogP contribution in [-0.4, -0.2) is 71.8 Å². The highest BCUT2D eigenvalue weighted by Crippen LogP contribution is 2.62. The van der Waals surface area contributed by atoms with Crippen LogP contribution < -0.4 is 23.7 Å². The van der Waals surface area contributed by atoms with Crippen LogP contribution in [0.5, 0.6) is 34.5 Å². The molecule has 1 aliphatic heterocycles. The summed E-state index contributed by atoms with van der Waals surface area (Å²) in [6.45, 7) is 6.27. The first-order valence-corrected chi connectivity index (χ1v) is 25.8. The summed E-state index contributed by atoms with van der Waals surface area (Å²) in [5.74, 6) is -5.05. The average molecular weight is 1050 g/mol. The van der Waals surface area contributed by atoms with Crippen LogP contribution in [0.4, 0.5) is 0 Å². The molecule has 3 aliphatic carbocycles. The largest absolute Gasteiger partial charge is 0.508 e. The van der Waals surface area contributed by atoms with Gasteiger partial charge in [0.15, 0.2) is 29.2 Å². The number of hydrogen-bond donors (Lipinski definition) is 1. The quantitative estimate of drug-likeness (QED) is 0.0420. The fraction of sp³-hybridized carbons (Fsp3) is 0.263. The molecule has 1 N–H and O–H groups in total. The van der Waals surface area contributed by atoms with E-state index in [9.17, 15) is 43.5 Å². The van der Waals surface area contributed by atoms with Crippen molar-refractivity contribution in [1.29, 1.82) is 0 Å². The number of aromatic hydroxyl groups is 1. The minimum Gasteiger partial charge on any atom is -0.508 e. The Kier molecular flexibility index (Phi) is 16.0. The Bertz CT molecular complexity index is 3130. The van der Waals surface area contributed by atoms with Gasteiger partial charge in [0.1, 0.15) is 36.2 Å². The molecule has 5 aromatic carbocycles. The number of hydrogen-bond acceptors (Lipinski definition) is 18. The van der Waals surface area contributed by atoms with E-state index < -0.39 is 77.2 Å². The van der Waals surface area contributed by atoms with Gasteiger partial charge in [-0.1, -0.05) is 85.2 Å². The van der Waals surface area contributed by atoms with Gasteiger partial charge in [-0.2, -0.15) is 0 Å². The van der Waals surface area contributed by atoms with Crippen LogP contribution in [0.3, 0.4) is 0 Å². The van der Waals surface area contributed by atoms with E-state index in [2.05, 4.69) is 13.2 Å². The normalized spacial score (nSPS) is 19.2. The Morgan fingerprint density at radius 2 is 0.933 bits per heavy atom. The van der Waals surface area contributed by atoms with Crippen molar-refractivity contribution in [2.75, 3.05) is 13.2 Å². The van der Waals surface area contributed by atoms with Crippen LogP contribution in [0.15, 0.2) is 142 Å². The van der Waals surface area contributed by atoms with Crippen molar-refractivity contribution < 1.29 is 76.6 Å². The molecule has 2 fully saturated rings. The molecule has 18 heteroatoms. The first-order chi connectivity index (χ1) is 36.3. The molecule has 2 saturated carbocycles. The van der Waals surface area contributed by atoms with E-state index in [0.29, 0.717) is 87.7 Å². The van der Waals surface area contributed by atoms with E-state index in [1.807, 2.05) is 0 Å². The van der Waals surface area contributed by atoms with Crippen LogP contribution >= 0.6 is 23.5 Å². The summed E-state index contributed by atoms with van der Waals surface area (Å²) >= 11 is 2.20. The summed E-state index contributed by atoms with van der Waals surface area (Å²) in [5, 5.41) is 10.5. The molecule has 0 aromatic heterocycles. The predicted molar refractivity (Wildman–Crippen MR) is 273 cm³/mol. The summed E-state index contributed by atoms with van der Waals surface area (Å²) in [7, 11) is 0. The van der Waals surface area contributed by atoms with E-state index in [0.717, 1.165) is 35.7 Å². The third kappa shape index (κ3) is 11.7. The zero-order chi connectivity index (χ0) is 52.8. The summed E-state index contributed by atoms with van der Waals surface area (Å²) in [4.78, 5) is 107. The number of ether oxygens (including phenoxy) is 7. The first kappa shape index (κ1) is 51.9. The lowest BCUT2D eigenvalue weighted by molar-refractivity contribution is -0.154. The number of phenolic OH excluding ortho intramolecular Hbond substituents is 1. The number of phenols is 1. The van der Waals surface area contributed by atoms with Gasteiger partial charge < -0.3 is 38.3 Å². The van der Waals surface area contributed by atoms with Gasteiger partial charge in [-0.15, -0.1) is 0 Å². The summed E-state index contributed by atoms with van der Waals surface area (Å²) < 4.78 is 40.1. The molecule has 0 amide bonds. The topological polar surface area (TPSA) is 221 Å². The second-order valence-electron chi connectivity index (χ2n) is 18.1. The molecular formula is C57H48O16S2. The van der Waals surface area contributed by atoms with Crippen molar-refractivity contribution in [3.63, 3.8) is 0 Å². The fourth-order valence-electron chi connectivity index (χ4n) is 9.23. The number of allylic oxidation sites excluding steroid dienone is 1. The lowest BCUT2D eigenvalue weighted by Gasteiger charge is -2.27. The Balaban J connectivity index is 0.877. The minimum atomic E-state index is -0.936. The first-order valence-electron chi connectivity index (χ1n) is 24.2. The Morgan fingerprint density at radius 1 is 0.533 bits per heavy atom. The highest BCUT2D eigenvalue weighted by molar-refractivity contribution is 8.25. The fourth-order valence-corrected chi connectivity index (χ4v) is 12.0. The number of thioether (sulfide) groups is 2. The minimum absolute atomic E-state index is 0.0319. The van der Waals surface area contributed by atoms with E-state index in [1.54, 1.807) is 60.7 Å². The molecule has 1 heterocycles. The molecule has 9 rings (SSSR count). The molecule has 1 unspecified atom stereocenters. The second-order valence-corrected chi connectivity index (χ2v) is 20.4. The van der Waals surface area contributed by atoms with Gasteiger partial charge in [0.2, 0.25) is 0 Å². The highest BCUT2D eigenvalue weighted by Gasteiger charge is 2.42. The number of benzene rings is 5. The number of Topliss-reactive ketones (excluding diaryl/α,β-unsaturated/α-hetero) is 2. The monoisotopic (exact) mass is 1050 g/mol. The smallest absolute Gasteiger partial charge is 0.330 e. The molecule has 5 aromatic rings. The van der Waals surface area contributed by atoms with Crippen LogP contribution in [0.1, 0.15) is 72.1 Å². The predicted octanol–water partition coefficient (Wildman–Crippen LogP) is 9.87. The highest BCUT2D eigenvalue weighted by atomic mass is 32.2. The molecule has 1 atom stereocenters. The molecular weight excluding hydrogens is 1000 g/mol. The van der Waals surface area contributed by atoms with Gasteiger partial charge in [-0.25, -0.2) is 9.59 Å². The van der Waals surface area contributed by atoms with Crippen LogP contribution in [-0.2, 0) is 38.2 Å². The van der Waals surface area contributed by atoms with Gasteiger partial charge in [0.25, 0.3) is 0 Å². The van der Waals surface area contributed by atoms with E-state index in [4.69, 9.17) is 33.2 Å². The van der Waals surface area contributed by atoms with E-state index in [-0.39, 0.29) is 52.9 Å². The third-order valence-corrected chi connectivity index (χ3v) is 15.8. The van der Waals surface area contributed by atoms with Crippen molar-refractivity contribution in [2.24, 2.45) is 23.7 Å². The maximum Gasteiger partial charge on any atom is 0.330 e. The number of carbonyl (C=O) groups excluding carboxylic acids is 8. The molecule has 384 valence electrons. The number of carbonyl (C=O) groups is 8. The van der Waals surface area contributed by atoms with Gasteiger partial charge in [0.05, 0.1) is 43.3 Å². The van der Waals surface area contributed by atoms with Crippen LogP contribution in [0.2, 0.25) is 0 Å². The van der Waals surface area contributed by atoms with Gasteiger partial charge >= 0.3 is 35.8 Å². The Morgan fingerprint density at radius 3 is 1.37 bits per heavy atom. The summed E-state index contributed by atoms with van der Waals surface area (Å²) in [6.07, 6.45) is 3.78. The maximum atomic E-state index is 14.2. The van der Waals surface area contributed by atoms with Gasteiger partial charge in [-0.3, -0.25) is 28.8 Å². The second kappa shape index (κ2) is 23.1. The van der Waals surface area contributed by atoms with Gasteiger partial charge in [-0.05, 0) is 99.9 Å². The lowest BCUT2D eigenvalue weighted by atomic mass is 9.82. The maximum absolute atomic E-state index is 14.2. The molecule has 4 aliphatic rings. The summed E-state index contributed by atoms with van der Waals surface area (Å²) in [6, 6.07) is 25.6. The zero-order valence-corrected chi connectivity index (χ0v) is 41.8. The van der Waals surface area contributed by atoms with Crippen LogP contribution in [0.25, 0.3) is 10.8 Å². The lowest BCUT2D eigenvalue weighted by Crippen LogP contribution is -2.31. The van der Waals surface area contributed by atoms with E-state index >= 15 is 0 Å². The Labute approximate surface area is 438 Å². The van der Waals surface area contributed by atoms with Crippen molar-refractivity contribution >= 4 is 81.7 Å². The molecule has 0 spiro atoms. The van der Waals surface area contributed by atoms with Crippen molar-refractivity contribution in [2.45, 2.75) is 67.3 Å². The van der Waals surface area contributed by atoms with Gasteiger partial charge in [0, 0.05) is 34.1 Å². The standard InChI is InChI=1S/C57H48O16S2/c1-3-44(59)68-30-39(69-45(60)4-2)29-67-36-25-27-38(28-26-36)71-54(64)32-15-19-34(20-16-32)56(66)73-50-43-12-8-7-11-42(43)49(51-52(50)75-57(74-51)46-47(61)40-9-5-6-10-41(40)48(46)62)72-55(65)33-17-13-31(14-18-33)53(63)70-37-23-21-35(58)22-24-37/h3-12,21-28,31-34,39,58H,1-2,13-20,29-30H2. The molecule has 16 nitrogen and oxygen atoms in total. The SMILES string of the molecule is C=CC(=O)OCC(COc1ccc(OC(=O)C2CCC(C(=O)Oc3c4c(c(OC(=O)C5CCC(C(=O)Oc6ccc(O)cc6)CC5)c5ccccc35)SC(=C3C(=O)c5ccccc5C3=O)S4)CC2)cc1)OC(=O)C=C. The number of esters is 6. The van der Waals surface area contributed by atoms with E-state index in [1.165, 1.54) is 36.4 Å². The zero-order valence-electron chi connectivity index (χ0n) is 40.2.